The van der Waals surface area contributed by atoms with Gasteiger partial charge in [0, 0.05) is 48.1 Å². The van der Waals surface area contributed by atoms with Crippen LogP contribution in [0.2, 0.25) is 0 Å². The van der Waals surface area contributed by atoms with Crippen molar-refractivity contribution in [2.75, 3.05) is 19.8 Å². The lowest BCUT2D eigenvalue weighted by Crippen LogP contribution is -2.65. The van der Waals surface area contributed by atoms with Crippen LogP contribution < -0.4 is 0 Å². The Morgan fingerprint density at radius 3 is 1.64 bits per heavy atom. The predicted molar refractivity (Wildman–Crippen MR) is 157 cm³/mol. The van der Waals surface area contributed by atoms with Crippen LogP contribution >= 0.6 is 0 Å². The largest absolute Gasteiger partial charge is 0.463 e. The molecule has 268 valence electrons. The molecule has 0 amide bonds. The van der Waals surface area contributed by atoms with E-state index in [4.69, 9.17) is 47.4 Å². The van der Waals surface area contributed by atoms with E-state index in [1.165, 1.54) is 0 Å². The van der Waals surface area contributed by atoms with Gasteiger partial charge in [-0.1, -0.05) is 39.0 Å². The Morgan fingerprint density at radius 2 is 1.09 bits per heavy atom. The number of rotatable bonds is 17. The molecule has 0 radical (unpaired) electrons. The van der Waals surface area contributed by atoms with Crippen LogP contribution in [0.3, 0.4) is 0 Å². The molecular weight excluding hydrogens is 628 g/mol. The second-order valence-corrected chi connectivity index (χ2v) is 11.2. The van der Waals surface area contributed by atoms with Gasteiger partial charge in [-0.25, -0.2) is 0 Å². The molecule has 0 aromatic heterocycles. The van der Waals surface area contributed by atoms with Gasteiger partial charge < -0.3 is 47.4 Å². The molecule has 9 atom stereocenters. The molecule has 2 heterocycles. The molecule has 0 aliphatic carbocycles. The molecule has 16 heteroatoms. The molecule has 2 fully saturated rings. The summed E-state index contributed by atoms with van der Waals surface area (Å²) in [7, 11) is 0. The monoisotopic (exact) mass is 676 g/mol. The Morgan fingerprint density at radius 1 is 0.574 bits per heavy atom. The molecule has 2 aliphatic rings. The molecule has 16 nitrogen and oxygen atoms in total. The first-order valence-electron chi connectivity index (χ1n) is 15.8. The lowest BCUT2D eigenvalue weighted by molar-refractivity contribution is -0.351. The molecule has 0 spiro atoms. The van der Waals surface area contributed by atoms with Gasteiger partial charge in [0.2, 0.25) is 0 Å². The molecule has 0 bridgehead atoms. The van der Waals surface area contributed by atoms with E-state index in [-0.39, 0.29) is 13.2 Å². The summed E-state index contributed by atoms with van der Waals surface area (Å²) in [6.45, 7) is 8.38. The van der Waals surface area contributed by atoms with Crippen LogP contribution in [0.5, 0.6) is 0 Å². The summed E-state index contributed by atoms with van der Waals surface area (Å²) in [5.41, 5.74) is 0. The summed E-state index contributed by atoms with van der Waals surface area (Å²) in [5.74, 6) is -4.61. The van der Waals surface area contributed by atoms with E-state index in [2.05, 4.69) is 6.92 Å². The summed E-state index contributed by atoms with van der Waals surface area (Å²) in [6, 6.07) is 0. The highest BCUT2D eigenvalue weighted by molar-refractivity contribution is 5.69. The Kier molecular flexibility index (Phi) is 17.1. The van der Waals surface area contributed by atoms with Gasteiger partial charge in [0.05, 0.1) is 6.61 Å². The zero-order valence-electron chi connectivity index (χ0n) is 28.1. The van der Waals surface area contributed by atoms with Crippen LogP contribution in [0.25, 0.3) is 0 Å². The Balaban J connectivity index is 2.49. The first-order valence-corrected chi connectivity index (χ1v) is 15.8. The molecule has 2 aliphatic heterocycles. The highest BCUT2D eigenvalue weighted by atomic mass is 16.8. The third kappa shape index (κ3) is 13.7. The van der Waals surface area contributed by atoms with Crippen LogP contribution in [0, 0.1) is 0 Å². The predicted octanol–water partition coefficient (Wildman–Crippen LogP) is 2.05. The molecule has 0 unspecified atom stereocenters. The number of unbranched alkanes of at least 4 members (excludes halogenated alkanes) is 5. The molecule has 2 rings (SSSR count). The smallest absolute Gasteiger partial charge is 0.303 e. The van der Waals surface area contributed by atoms with Gasteiger partial charge in [0.1, 0.15) is 18.8 Å². The number of esters is 6. The Labute approximate surface area is 274 Å². The lowest BCUT2D eigenvalue weighted by Gasteiger charge is -2.47. The van der Waals surface area contributed by atoms with Crippen LogP contribution in [0.4, 0.5) is 0 Å². The first-order chi connectivity index (χ1) is 22.2. The highest BCUT2D eigenvalue weighted by Gasteiger charge is 2.56. The van der Waals surface area contributed by atoms with E-state index in [0.717, 1.165) is 73.6 Å². The summed E-state index contributed by atoms with van der Waals surface area (Å²) in [6.07, 6.45) is -6.47. The van der Waals surface area contributed by atoms with Crippen molar-refractivity contribution >= 4 is 35.8 Å². The Bertz CT molecular complexity index is 1060. The first kappa shape index (κ1) is 39.8. The lowest BCUT2D eigenvalue weighted by atomic mass is 9.97. The average Bonchev–Trinajstić information content (AvgIpc) is 2.95. The summed E-state index contributed by atoms with van der Waals surface area (Å²) in [5, 5.41) is 0. The van der Waals surface area contributed by atoms with Crippen molar-refractivity contribution in [1.82, 2.24) is 0 Å². The third-order valence-electron chi connectivity index (χ3n) is 7.02. The maximum Gasteiger partial charge on any atom is 0.303 e. The number of hydrogen-bond acceptors (Lipinski definition) is 16. The SMILES string of the molecule is CCCCCCCCO[C@@H]1OC[C@@H](OC(C)=O)[C@H](O[C@H]2O[C@H](COC(C)=O)[C@H](OC(C)=O)[C@H](OC(C)=O)[C@H]2OC(C)=O)[C@H]1OC(C)=O. The van der Waals surface area contributed by atoms with Crippen molar-refractivity contribution in [2.45, 2.75) is 142 Å². The van der Waals surface area contributed by atoms with Gasteiger partial charge in [-0.2, -0.15) is 0 Å². The van der Waals surface area contributed by atoms with Gasteiger partial charge >= 0.3 is 35.8 Å². The fourth-order valence-electron chi connectivity index (χ4n) is 5.22. The minimum absolute atomic E-state index is 0.242. The molecule has 47 heavy (non-hydrogen) atoms. The quantitative estimate of drug-likeness (QED) is 0.123. The van der Waals surface area contributed by atoms with Gasteiger partial charge in [-0.15, -0.1) is 0 Å². The van der Waals surface area contributed by atoms with E-state index in [1.807, 2.05) is 0 Å². The van der Waals surface area contributed by atoms with Gasteiger partial charge in [0.25, 0.3) is 0 Å². The minimum atomic E-state index is -1.64. The normalized spacial score (nSPS) is 28.8. The number of carbonyl (C=O) groups excluding carboxylic acids is 6. The second kappa shape index (κ2) is 20.1. The molecule has 0 saturated carbocycles. The van der Waals surface area contributed by atoms with Crippen molar-refractivity contribution in [3.8, 4) is 0 Å². The van der Waals surface area contributed by atoms with Crippen LogP contribution in [-0.2, 0) is 76.1 Å². The van der Waals surface area contributed by atoms with E-state index < -0.39 is 97.7 Å². The van der Waals surface area contributed by atoms with Gasteiger partial charge in [-0.05, 0) is 6.42 Å². The summed E-state index contributed by atoms with van der Waals surface area (Å²) >= 11 is 0. The zero-order valence-corrected chi connectivity index (χ0v) is 28.1. The van der Waals surface area contributed by atoms with E-state index >= 15 is 0 Å². The molecule has 0 aromatic carbocycles. The van der Waals surface area contributed by atoms with Crippen LogP contribution in [0.1, 0.15) is 87.0 Å². The van der Waals surface area contributed by atoms with Crippen molar-refractivity contribution in [2.24, 2.45) is 0 Å². The van der Waals surface area contributed by atoms with Gasteiger partial charge in [0.15, 0.2) is 43.1 Å². The second-order valence-electron chi connectivity index (χ2n) is 11.2. The van der Waals surface area contributed by atoms with E-state index in [1.54, 1.807) is 0 Å². The van der Waals surface area contributed by atoms with Crippen molar-refractivity contribution in [3.63, 3.8) is 0 Å². The molecule has 0 N–H and O–H groups in total. The molecular formula is C31H48O16. The summed E-state index contributed by atoms with van der Waals surface area (Å²) < 4.78 is 56.6. The standard InChI is InChI=1S/C31H48O16/c1-8-9-10-11-12-13-14-38-30-28(44-21(6)36)26(23(16-40-30)41-18(3)33)47-31-29(45-22(7)37)27(43-20(5)35)25(42-19(4)34)24(46-31)15-39-17(2)32/h23-31H,8-16H2,1-7H3/t23-,24-,25+,26+,27+,28-,29-,30-,31-/m1/s1. The van der Waals surface area contributed by atoms with E-state index in [9.17, 15) is 28.8 Å². The van der Waals surface area contributed by atoms with Crippen molar-refractivity contribution < 1.29 is 76.1 Å². The maximum atomic E-state index is 12.3. The number of carbonyl (C=O) groups is 6. The summed E-state index contributed by atoms with van der Waals surface area (Å²) in [4.78, 5) is 72.6. The fraction of sp³-hybridized carbons (Fsp3) is 0.806. The minimum Gasteiger partial charge on any atom is -0.463 e. The zero-order chi connectivity index (χ0) is 35.1. The average molecular weight is 677 g/mol. The number of hydrogen-bond donors (Lipinski definition) is 0. The Hall–Kier alpha value is -3.34. The van der Waals surface area contributed by atoms with Crippen molar-refractivity contribution in [1.29, 1.82) is 0 Å². The molecule has 2 saturated heterocycles. The van der Waals surface area contributed by atoms with Crippen molar-refractivity contribution in [3.05, 3.63) is 0 Å². The van der Waals surface area contributed by atoms with E-state index in [0.29, 0.717) is 6.42 Å². The fourth-order valence-corrected chi connectivity index (χ4v) is 5.22. The van der Waals surface area contributed by atoms with Crippen LogP contribution in [-0.4, -0.2) is 111 Å². The maximum absolute atomic E-state index is 12.3. The molecule has 0 aromatic rings. The number of ether oxygens (including phenoxy) is 10. The topological polar surface area (TPSA) is 195 Å². The van der Waals surface area contributed by atoms with Gasteiger partial charge in [-0.3, -0.25) is 28.8 Å². The van der Waals surface area contributed by atoms with Crippen LogP contribution in [0.15, 0.2) is 0 Å². The third-order valence-corrected chi connectivity index (χ3v) is 7.02. The highest BCUT2D eigenvalue weighted by Crippen LogP contribution is 2.34.